The average molecular weight is 278 g/mol. The number of aromatic nitrogens is 2. The van der Waals surface area contributed by atoms with Crippen molar-refractivity contribution in [2.75, 3.05) is 12.3 Å². The number of anilines is 1. The van der Waals surface area contributed by atoms with Crippen LogP contribution in [0, 0.1) is 12.3 Å². The van der Waals surface area contributed by atoms with Crippen molar-refractivity contribution in [3.05, 3.63) is 11.4 Å². The molecule has 5 nitrogen and oxygen atoms in total. The first-order valence-corrected chi connectivity index (χ1v) is 7.58. The molecule has 1 aliphatic carbocycles. The van der Waals surface area contributed by atoms with Crippen LogP contribution in [0.25, 0.3) is 0 Å². The Balaban J connectivity index is 2.05. The van der Waals surface area contributed by atoms with E-state index in [1.165, 1.54) is 32.1 Å². The molecule has 5 heteroatoms. The van der Waals surface area contributed by atoms with Crippen LogP contribution in [-0.4, -0.2) is 22.2 Å². The van der Waals surface area contributed by atoms with Gasteiger partial charge in [-0.3, -0.25) is 9.48 Å². The Hall–Kier alpha value is -1.52. The lowest BCUT2D eigenvalue weighted by atomic mass is 9.76. The summed E-state index contributed by atoms with van der Waals surface area (Å²) >= 11 is 0. The van der Waals surface area contributed by atoms with Gasteiger partial charge in [-0.05, 0) is 32.1 Å². The molecule has 3 N–H and O–H groups in total. The molecule has 1 heterocycles. The van der Waals surface area contributed by atoms with E-state index in [1.807, 2.05) is 13.8 Å². The smallest absolute Gasteiger partial charge is 0.271 e. The summed E-state index contributed by atoms with van der Waals surface area (Å²) in [5, 5.41) is 7.35. The molecule has 20 heavy (non-hydrogen) atoms. The van der Waals surface area contributed by atoms with Gasteiger partial charge in [-0.15, -0.1) is 0 Å². The van der Waals surface area contributed by atoms with Gasteiger partial charge in [0.15, 0.2) is 0 Å². The fourth-order valence-electron chi connectivity index (χ4n) is 3.02. The van der Waals surface area contributed by atoms with Crippen molar-refractivity contribution in [3.63, 3.8) is 0 Å². The summed E-state index contributed by atoms with van der Waals surface area (Å²) < 4.78 is 1.68. The number of carbonyl (C=O) groups excluding carboxylic acids is 1. The molecular formula is C15H26N4O. The first kappa shape index (κ1) is 14.9. The van der Waals surface area contributed by atoms with Crippen LogP contribution in [-0.2, 0) is 6.54 Å². The molecule has 0 aliphatic heterocycles. The highest BCUT2D eigenvalue weighted by Gasteiger charge is 2.28. The van der Waals surface area contributed by atoms with Gasteiger partial charge in [-0.1, -0.05) is 26.2 Å². The minimum absolute atomic E-state index is 0.100. The second-order valence-corrected chi connectivity index (χ2v) is 6.22. The maximum absolute atomic E-state index is 12.4. The lowest BCUT2D eigenvalue weighted by Crippen LogP contribution is -2.38. The van der Waals surface area contributed by atoms with Crippen LogP contribution in [0.1, 0.15) is 62.1 Å². The Morgan fingerprint density at radius 1 is 1.40 bits per heavy atom. The van der Waals surface area contributed by atoms with E-state index < -0.39 is 0 Å². The van der Waals surface area contributed by atoms with Crippen LogP contribution in [0.5, 0.6) is 0 Å². The molecule has 112 valence electrons. The molecule has 1 aromatic rings. The third-order valence-corrected chi connectivity index (χ3v) is 4.42. The Morgan fingerprint density at radius 3 is 2.65 bits per heavy atom. The van der Waals surface area contributed by atoms with Crippen LogP contribution in [0.3, 0.4) is 0 Å². The third kappa shape index (κ3) is 2.97. The lowest BCUT2D eigenvalue weighted by molar-refractivity contribution is 0.0909. The van der Waals surface area contributed by atoms with E-state index >= 15 is 0 Å². The summed E-state index contributed by atoms with van der Waals surface area (Å²) in [5.41, 5.74) is 7.93. The topological polar surface area (TPSA) is 72.9 Å². The van der Waals surface area contributed by atoms with E-state index in [0.717, 1.165) is 12.2 Å². The van der Waals surface area contributed by atoms with E-state index in [-0.39, 0.29) is 11.3 Å². The summed E-state index contributed by atoms with van der Waals surface area (Å²) in [6, 6.07) is 0. The molecule has 0 aromatic carbocycles. The van der Waals surface area contributed by atoms with E-state index in [1.54, 1.807) is 4.68 Å². The molecule has 1 saturated carbocycles. The molecule has 1 fully saturated rings. The Bertz CT molecular complexity index is 486. The predicted molar refractivity (Wildman–Crippen MR) is 80.6 cm³/mol. The zero-order valence-corrected chi connectivity index (χ0v) is 12.8. The van der Waals surface area contributed by atoms with Gasteiger partial charge in [0.05, 0.1) is 11.4 Å². The Kier molecular flexibility index (Phi) is 4.35. The zero-order chi connectivity index (χ0) is 14.8. The molecule has 1 amide bonds. The first-order chi connectivity index (χ1) is 9.47. The van der Waals surface area contributed by atoms with E-state index in [0.29, 0.717) is 17.9 Å². The van der Waals surface area contributed by atoms with E-state index in [2.05, 4.69) is 17.3 Å². The van der Waals surface area contributed by atoms with Crippen molar-refractivity contribution in [3.8, 4) is 0 Å². The molecule has 0 atom stereocenters. The van der Waals surface area contributed by atoms with Crippen molar-refractivity contribution in [2.24, 2.45) is 5.41 Å². The van der Waals surface area contributed by atoms with E-state index in [9.17, 15) is 4.79 Å². The summed E-state index contributed by atoms with van der Waals surface area (Å²) in [7, 11) is 0. The number of hydrogen-bond donors (Lipinski definition) is 2. The van der Waals surface area contributed by atoms with Gasteiger partial charge >= 0.3 is 0 Å². The van der Waals surface area contributed by atoms with E-state index in [4.69, 9.17) is 5.73 Å². The first-order valence-electron chi connectivity index (χ1n) is 7.58. The average Bonchev–Trinajstić information content (AvgIpc) is 2.73. The minimum Gasteiger partial charge on any atom is -0.395 e. The highest BCUT2D eigenvalue weighted by Crippen LogP contribution is 2.35. The molecule has 0 radical (unpaired) electrons. The Morgan fingerprint density at radius 2 is 2.05 bits per heavy atom. The number of amides is 1. The van der Waals surface area contributed by atoms with Crippen molar-refractivity contribution in [2.45, 2.75) is 59.4 Å². The van der Waals surface area contributed by atoms with Gasteiger partial charge in [0.1, 0.15) is 5.69 Å². The number of nitrogen functional groups attached to an aromatic ring is 1. The van der Waals surface area contributed by atoms with Crippen LogP contribution in [0.15, 0.2) is 0 Å². The number of nitrogens with two attached hydrogens (primary N) is 1. The zero-order valence-electron chi connectivity index (χ0n) is 12.8. The number of nitrogens with one attached hydrogen (secondary N) is 1. The fourth-order valence-corrected chi connectivity index (χ4v) is 3.02. The largest absolute Gasteiger partial charge is 0.395 e. The number of nitrogens with zero attached hydrogens (tertiary/aromatic N) is 2. The van der Waals surface area contributed by atoms with Crippen LogP contribution < -0.4 is 11.1 Å². The highest BCUT2D eigenvalue weighted by atomic mass is 16.2. The van der Waals surface area contributed by atoms with Crippen LogP contribution >= 0.6 is 0 Å². The van der Waals surface area contributed by atoms with Gasteiger partial charge in [0.2, 0.25) is 0 Å². The molecule has 0 bridgehead atoms. The van der Waals surface area contributed by atoms with Crippen molar-refractivity contribution in [1.29, 1.82) is 0 Å². The van der Waals surface area contributed by atoms with Gasteiger partial charge in [0.25, 0.3) is 5.91 Å². The molecule has 0 unspecified atom stereocenters. The van der Waals surface area contributed by atoms with Crippen molar-refractivity contribution >= 4 is 11.6 Å². The van der Waals surface area contributed by atoms with Gasteiger partial charge < -0.3 is 11.1 Å². The quantitative estimate of drug-likeness (QED) is 0.888. The highest BCUT2D eigenvalue weighted by molar-refractivity contribution is 5.98. The van der Waals surface area contributed by atoms with Crippen molar-refractivity contribution in [1.82, 2.24) is 15.1 Å². The minimum atomic E-state index is -0.100. The number of rotatable bonds is 4. The molecular weight excluding hydrogens is 252 g/mol. The number of aryl methyl sites for hydroxylation is 2. The monoisotopic (exact) mass is 278 g/mol. The fraction of sp³-hybridized carbons (Fsp3) is 0.733. The number of carbonyl (C=O) groups is 1. The summed E-state index contributed by atoms with van der Waals surface area (Å²) in [4.78, 5) is 12.4. The third-order valence-electron chi connectivity index (χ3n) is 4.42. The van der Waals surface area contributed by atoms with Gasteiger partial charge in [-0.2, -0.15) is 5.10 Å². The van der Waals surface area contributed by atoms with Gasteiger partial charge in [-0.25, -0.2) is 0 Å². The molecule has 2 rings (SSSR count). The van der Waals surface area contributed by atoms with Crippen LogP contribution in [0.2, 0.25) is 0 Å². The normalized spacial score (nSPS) is 17.9. The van der Waals surface area contributed by atoms with Crippen molar-refractivity contribution < 1.29 is 4.79 Å². The standard InChI is InChI=1S/C15H26N4O/c1-4-19-13(12(16)11(2)18-19)14(20)17-10-15(3)8-6-5-7-9-15/h4-10,16H2,1-3H3,(H,17,20). The number of hydrogen-bond acceptors (Lipinski definition) is 3. The maximum atomic E-state index is 12.4. The van der Waals surface area contributed by atoms with Gasteiger partial charge in [0, 0.05) is 13.1 Å². The molecule has 0 spiro atoms. The molecule has 1 aromatic heterocycles. The Labute approximate surface area is 120 Å². The SMILES string of the molecule is CCn1nc(C)c(N)c1C(=O)NCC1(C)CCCCC1. The maximum Gasteiger partial charge on any atom is 0.271 e. The summed E-state index contributed by atoms with van der Waals surface area (Å²) in [5.74, 6) is -0.100. The predicted octanol–water partition coefficient (Wildman–Crippen LogP) is 2.49. The summed E-state index contributed by atoms with van der Waals surface area (Å²) in [6.45, 7) is 7.43. The molecule has 1 aliphatic rings. The van der Waals surface area contributed by atoms with Crippen LogP contribution in [0.4, 0.5) is 5.69 Å². The second-order valence-electron chi connectivity index (χ2n) is 6.22. The summed E-state index contributed by atoms with van der Waals surface area (Å²) in [6.07, 6.45) is 6.23. The lowest BCUT2D eigenvalue weighted by Gasteiger charge is -2.33. The molecule has 0 saturated heterocycles. The second kappa shape index (κ2) is 5.85.